The van der Waals surface area contributed by atoms with Gasteiger partial charge in [0.25, 0.3) is 0 Å². The molecule has 1 aliphatic rings. The fourth-order valence-electron chi connectivity index (χ4n) is 2.76. The highest BCUT2D eigenvalue weighted by Gasteiger charge is 2.48. The van der Waals surface area contributed by atoms with Gasteiger partial charge in [-0.25, -0.2) is 9.18 Å². The first-order valence-electron chi connectivity index (χ1n) is 8.39. The average Bonchev–Trinajstić information content (AvgIpc) is 2.98. The van der Waals surface area contributed by atoms with Crippen LogP contribution >= 0.6 is 0 Å². The minimum Gasteiger partial charge on any atom is -0.450 e. The first-order chi connectivity index (χ1) is 12.7. The lowest BCUT2D eigenvalue weighted by molar-refractivity contribution is -0.158. The summed E-state index contributed by atoms with van der Waals surface area (Å²) in [5.41, 5.74) is 1.33. The standard InChI is InChI=1S/C20H21FO5/c1-23-20-18(26-19(22)15-10-6-3-7-11-15)17(21)16(25-20)13-24-12-14-8-4-2-5-9-14/h2-11,16-18,20H,12-13H2,1H3/t16-,17+,18-,20+/m1/s1. The summed E-state index contributed by atoms with van der Waals surface area (Å²) in [5.74, 6) is -0.616. The summed E-state index contributed by atoms with van der Waals surface area (Å²) in [6, 6.07) is 18.0. The Morgan fingerprint density at radius 2 is 1.73 bits per heavy atom. The van der Waals surface area contributed by atoms with E-state index < -0.39 is 30.6 Å². The fraction of sp³-hybridized carbons (Fsp3) is 0.350. The number of halogens is 1. The molecule has 0 N–H and O–H groups in total. The second-order valence-electron chi connectivity index (χ2n) is 5.96. The van der Waals surface area contributed by atoms with E-state index in [0.717, 1.165) is 5.56 Å². The van der Waals surface area contributed by atoms with Gasteiger partial charge >= 0.3 is 5.97 Å². The van der Waals surface area contributed by atoms with Crippen molar-refractivity contribution in [2.24, 2.45) is 0 Å². The van der Waals surface area contributed by atoms with Gasteiger partial charge in [-0.05, 0) is 17.7 Å². The maximum atomic E-state index is 14.7. The summed E-state index contributed by atoms with van der Waals surface area (Å²) in [6.07, 6.45) is -4.51. The Morgan fingerprint density at radius 3 is 2.38 bits per heavy atom. The molecule has 0 saturated carbocycles. The Hall–Kier alpha value is -2.28. The van der Waals surface area contributed by atoms with Gasteiger partial charge in [0.1, 0.15) is 6.10 Å². The third-order valence-electron chi connectivity index (χ3n) is 4.12. The minimum atomic E-state index is -1.54. The summed E-state index contributed by atoms with van der Waals surface area (Å²) in [6.45, 7) is 0.384. The van der Waals surface area contributed by atoms with E-state index in [0.29, 0.717) is 12.2 Å². The van der Waals surface area contributed by atoms with E-state index in [9.17, 15) is 9.18 Å². The predicted molar refractivity (Wildman–Crippen MR) is 92.3 cm³/mol. The van der Waals surface area contributed by atoms with Crippen molar-refractivity contribution in [3.63, 3.8) is 0 Å². The molecule has 1 heterocycles. The predicted octanol–water partition coefficient (Wildman–Crippen LogP) is 3.14. The molecule has 1 fully saturated rings. The first-order valence-corrected chi connectivity index (χ1v) is 8.39. The highest BCUT2D eigenvalue weighted by atomic mass is 19.1. The van der Waals surface area contributed by atoms with Gasteiger partial charge in [-0.15, -0.1) is 0 Å². The first kappa shape index (κ1) is 18.5. The van der Waals surface area contributed by atoms with Gasteiger partial charge < -0.3 is 18.9 Å². The number of carbonyl (C=O) groups excluding carboxylic acids is 1. The Labute approximate surface area is 151 Å². The highest BCUT2D eigenvalue weighted by Crippen LogP contribution is 2.28. The Bertz CT molecular complexity index is 694. The van der Waals surface area contributed by atoms with Crippen molar-refractivity contribution >= 4 is 5.97 Å². The van der Waals surface area contributed by atoms with E-state index in [1.54, 1.807) is 30.3 Å². The second kappa shape index (κ2) is 8.89. The quantitative estimate of drug-likeness (QED) is 0.710. The molecule has 0 spiro atoms. The Morgan fingerprint density at radius 1 is 1.08 bits per heavy atom. The van der Waals surface area contributed by atoms with Gasteiger partial charge in [0, 0.05) is 7.11 Å². The zero-order chi connectivity index (χ0) is 18.4. The summed E-state index contributed by atoms with van der Waals surface area (Å²) in [7, 11) is 1.38. The molecule has 26 heavy (non-hydrogen) atoms. The maximum absolute atomic E-state index is 14.7. The van der Waals surface area contributed by atoms with Crippen molar-refractivity contribution in [2.45, 2.75) is 31.3 Å². The van der Waals surface area contributed by atoms with Crippen molar-refractivity contribution in [3.8, 4) is 0 Å². The third-order valence-corrected chi connectivity index (χ3v) is 4.12. The Balaban J connectivity index is 1.56. The molecule has 138 valence electrons. The van der Waals surface area contributed by atoms with E-state index in [1.165, 1.54) is 7.11 Å². The van der Waals surface area contributed by atoms with Crippen molar-refractivity contribution in [1.29, 1.82) is 0 Å². The van der Waals surface area contributed by atoms with Gasteiger partial charge in [0.05, 0.1) is 18.8 Å². The van der Waals surface area contributed by atoms with Crippen LogP contribution in [0.5, 0.6) is 0 Å². The molecule has 4 atom stereocenters. The van der Waals surface area contributed by atoms with E-state index in [-0.39, 0.29) is 6.61 Å². The summed E-state index contributed by atoms with van der Waals surface area (Å²) in [5, 5.41) is 0. The molecule has 2 aromatic rings. The van der Waals surface area contributed by atoms with Crippen LogP contribution in [0.3, 0.4) is 0 Å². The van der Waals surface area contributed by atoms with Gasteiger partial charge in [-0.3, -0.25) is 0 Å². The molecular weight excluding hydrogens is 339 g/mol. The molecular formula is C20H21FO5. The molecule has 1 aliphatic heterocycles. The van der Waals surface area contributed by atoms with Crippen molar-refractivity contribution in [2.75, 3.05) is 13.7 Å². The number of methoxy groups -OCH3 is 1. The normalized spacial score (nSPS) is 25.2. The van der Waals surface area contributed by atoms with Crippen LogP contribution in [-0.2, 0) is 25.6 Å². The SMILES string of the molecule is CO[C@H]1O[C@H](COCc2ccccc2)[C@H](F)[C@H]1OC(=O)c1ccccc1. The number of alkyl halides is 1. The molecule has 0 aliphatic carbocycles. The van der Waals surface area contributed by atoms with Gasteiger partial charge in [0.2, 0.25) is 0 Å². The van der Waals surface area contributed by atoms with Gasteiger partial charge in [-0.1, -0.05) is 48.5 Å². The zero-order valence-corrected chi connectivity index (χ0v) is 14.4. The largest absolute Gasteiger partial charge is 0.450 e. The number of benzene rings is 2. The molecule has 3 rings (SSSR count). The average molecular weight is 360 g/mol. The van der Waals surface area contributed by atoms with E-state index in [4.69, 9.17) is 18.9 Å². The number of rotatable bonds is 7. The second-order valence-corrected chi connectivity index (χ2v) is 5.96. The smallest absolute Gasteiger partial charge is 0.338 e. The molecule has 2 aromatic carbocycles. The zero-order valence-electron chi connectivity index (χ0n) is 14.4. The molecule has 0 amide bonds. The van der Waals surface area contributed by atoms with Crippen molar-refractivity contribution in [1.82, 2.24) is 0 Å². The van der Waals surface area contributed by atoms with Crippen LogP contribution < -0.4 is 0 Å². The van der Waals surface area contributed by atoms with Gasteiger partial charge in [-0.2, -0.15) is 0 Å². The maximum Gasteiger partial charge on any atom is 0.338 e. The fourth-order valence-corrected chi connectivity index (χ4v) is 2.76. The number of hydrogen-bond donors (Lipinski definition) is 0. The van der Waals surface area contributed by atoms with E-state index >= 15 is 0 Å². The molecule has 6 heteroatoms. The summed E-state index contributed by atoms with van der Waals surface area (Å²) < 4.78 is 36.2. The van der Waals surface area contributed by atoms with Crippen molar-refractivity contribution in [3.05, 3.63) is 71.8 Å². The van der Waals surface area contributed by atoms with Gasteiger partial charge in [0.15, 0.2) is 18.6 Å². The lowest BCUT2D eigenvalue weighted by atomic mass is 10.1. The molecule has 0 unspecified atom stereocenters. The number of hydrogen-bond acceptors (Lipinski definition) is 5. The number of ether oxygens (including phenoxy) is 4. The van der Waals surface area contributed by atoms with Crippen LogP contribution in [0.2, 0.25) is 0 Å². The third kappa shape index (κ3) is 4.46. The molecule has 1 saturated heterocycles. The van der Waals surface area contributed by atoms with Crippen LogP contribution in [-0.4, -0.2) is 44.4 Å². The van der Waals surface area contributed by atoms with Crippen LogP contribution in [0.15, 0.2) is 60.7 Å². The lowest BCUT2D eigenvalue weighted by Gasteiger charge is -2.18. The molecule has 0 aromatic heterocycles. The van der Waals surface area contributed by atoms with Crippen LogP contribution in [0.4, 0.5) is 4.39 Å². The highest BCUT2D eigenvalue weighted by molar-refractivity contribution is 5.89. The number of carbonyl (C=O) groups is 1. The van der Waals surface area contributed by atoms with E-state index in [1.807, 2.05) is 30.3 Å². The molecule has 5 nitrogen and oxygen atoms in total. The topological polar surface area (TPSA) is 54.0 Å². The molecule has 0 radical (unpaired) electrons. The van der Waals surface area contributed by atoms with Crippen molar-refractivity contribution < 1.29 is 28.1 Å². The summed E-state index contributed by atoms with van der Waals surface area (Å²) in [4.78, 5) is 12.2. The van der Waals surface area contributed by atoms with Crippen LogP contribution in [0.1, 0.15) is 15.9 Å². The van der Waals surface area contributed by atoms with E-state index in [2.05, 4.69) is 0 Å². The lowest BCUT2D eigenvalue weighted by Crippen LogP contribution is -2.36. The number of esters is 1. The minimum absolute atomic E-state index is 0.0370. The Kier molecular flexibility index (Phi) is 6.33. The summed E-state index contributed by atoms with van der Waals surface area (Å²) >= 11 is 0. The van der Waals surface area contributed by atoms with Crippen LogP contribution in [0.25, 0.3) is 0 Å². The van der Waals surface area contributed by atoms with Crippen LogP contribution in [0, 0.1) is 0 Å². The monoisotopic (exact) mass is 360 g/mol. The molecule has 0 bridgehead atoms.